The predicted molar refractivity (Wildman–Crippen MR) is 255 cm³/mol. The van der Waals surface area contributed by atoms with E-state index in [1.54, 1.807) is 0 Å². The maximum absolute atomic E-state index is 2.53. The van der Waals surface area contributed by atoms with E-state index >= 15 is 0 Å². The summed E-state index contributed by atoms with van der Waals surface area (Å²) in [6, 6.07) is 71.6. The monoisotopic (exact) mass is 797 g/mol. The molecule has 0 N–H and O–H groups in total. The second-order valence-electron chi connectivity index (χ2n) is 18.4. The molecule has 1 heterocycles. The molecular formula is C59H43NS. The maximum atomic E-state index is 2.53. The molecule has 0 saturated heterocycles. The van der Waals surface area contributed by atoms with Gasteiger partial charge in [0.05, 0.1) is 5.41 Å². The summed E-state index contributed by atoms with van der Waals surface area (Å²) in [5, 5.41) is 2.59. The second-order valence-corrected chi connectivity index (χ2v) is 19.5. The van der Waals surface area contributed by atoms with Crippen LogP contribution in [0.1, 0.15) is 72.2 Å². The Morgan fingerprint density at radius 2 is 0.787 bits per heavy atom. The van der Waals surface area contributed by atoms with Gasteiger partial charge in [-0.1, -0.05) is 185 Å². The molecule has 0 unspecified atom stereocenters. The van der Waals surface area contributed by atoms with E-state index in [0.29, 0.717) is 0 Å². The van der Waals surface area contributed by atoms with Gasteiger partial charge in [-0.25, -0.2) is 0 Å². The minimum absolute atomic E-state index is 0.122. The Hall–Kier alpha value is -6.61. The quantitative estimate of drug-likeness (QED) is 0.175. The molecule has 0 atom stereocenters. The number of nitrogens with zero attached hydrogens (tertiary/aromatic N) is 1. The van der Waals surface area contributed by atoms with Gasteiger partial charge in [0.15, 0.2) is 0 Å². The zero-order valence-electron chi connectivity index (χ0n) is 34.8. The molecule has 1 nitrogen and oxygen atoms in total. The molecule has 13 rings (SSSR count). The average molecular weight is 798 g/mol. The molecule has 0 saturated carbocycles. The van der Waals surface area contributed by atoms with E-state index in [9.17, 15) is 0 Å². The van der Waals surface area contributed by atoms with Gasteiger partial charge in [0.1, 0.15) is 0 Å². The first-order valence-electron chi connectivity index (χ1n) is 21.6. The van der Waals surface area contributed by atoms with Crippen LogP contribution in [0.2, 0.25) is 0 Å². The highest BCUT2D eigenvalue weighted by Crippen LogP contribution is 2.64. The summed E-state index contributed by atoms with van der Waals surface area (Å²) < 4.78 is 0. The Labute approximate surface area is 362 Å². The molecule has 290 valence electrons. The zero-order chi connectivity index (χ0) is 40.8. The van der Waals surface area contributed by atoms with Crippen molar-refractivity contribution in [2.75, 3.05) is 4.90 Å². The lowest BCUT2D eigenvalue weighted by atomic mass is 9.66. The predicted octanol–water partition coefficient (Wildman–Crippen LogP) is 15.7. The molecule has 4 aliphatic rings. The Kier molecular flexibility index (Phi) is 7.06. The molecule has 0 bridgehead atoms. The van der Waals surface area contributed by atoms with E-state index in [-0.39, 0.29) is 10.8 Å². The molecule has 9 aromatic carbocycles. The number of benzene rings is 9. The summed E-state index contributed by atoms with van der Waals surface area (Å²) >= 11 is 1.93. The molecule has 0 radical (unpaired) electrons. The van der Waals surface area contributed by atoms with Crippen molar-refractivity contribution in [1.82, 2.24) is 0 Å². The topological polar surface area (TPSA) is 3.24 Å². The van der Waals surface area contributed by atoms with Crippen molar-refractivity contribution in [3.8, 4) is 33.4 Å². The first kappa shape index (κ1) is 35.2. The fourth-order valence-corrected chi connectivity index (χ4v) is 13.2. The zero-order valence-corrected chi connectivity index (χ0v) is 35.6. The van der Waals surface area contributed by atoms with Crippen molar-refractivity contribution in [1.29, 1.82) is 0 Å². The Morgan fingerprint density at radius 3 is 1.36 bits per heavy atom. The fraction of sp³-hybridized carbons (Fsp3) is 0.119. The van der Waals surface area contributed by atoms with Crippen LogP contribution in [0.3, 0.4) is 0 Å². The van der Waals surface area contributed by atoms with E-state index in [4.69, 9.17) is 0 Å². The molecule has 61 heavy (non-hydrogen) atoms. The minimum Gasteiger partial charge on any atom is -0.310 e. The third kappa shape index (κ3) is 4.53. The van der Waals surface area contributed by atoms with Crippen LogP contribution in [0.4, 0.5) is 17.1 Å². The number of fused-ring (bicyclic) bond motifs is 17. The molecule has 0 aromatic heterocycles. The van der Waals surface area contributed by atoms with E-state index in [1.807, 2.05) is 11.8 Å². The summed E-state index contributed by atoms with van der Waals surface area (Å²) in [6.07, 6.45) is 0. The third-order valence-electron chi connectivity index (χ3n) is 14.7. The fourth-order valence-electron chi connectivity index (χ4n) is 11.9. The van der Waals surface area contributed by atoms with Crippen molar-refractivity contribution in [3.05, 3.63) is 233 Å². The summed E-state index contributed by atoms with van der Waals surface area (Å²) in [5.41, 5.74) is 21.8. The van der Waals surface area contributed by atoms with Crippen molar-refractivity contribution in [2.24, 2.45) is 0 Å². The second kappa shape index (κ2) is 12.2. The lowest BCUT2D eigenvalue weighted by molar-refractivity contribution is 0.660. The van der Waals surface area contributed by atoms with Gasteiger partial charge in [-0.15, -0.1) is 0 Å². The van der Waals surface area contributed by atoms with Crippen LogP contribution in [0, 0.1) is 0 Å². The normalized spacial score (nSPS) is 15.9. The van der Waals surface area contributed by atoms with Crippen molar-refractivity contribution in [3.63, 3.8) is 0 Å². The van der Waals surface area contributed by atoms with Crippen LogP contribution in [0.25, 0.3) is 44.2 Å². The molecule has 9 aromatic rings. The number of hydrogen-bond donors (Lipinski definition) is 0. The molecule has 1 aliphatic heterocycles. The number of anilines is 3. The highest BCUT2D eigenvalue weighted by Gasteiger charge is 2.51. The van der Waals surface area contributed by atoms with E-state index in [2.05, 4.69) is 221 Å². The Bertz CT molecular complexity index is 3210. The van der Waals surface area contributed by atoms with Crippen molar-refractivity contribution in [2.45, 2.75) is 53.7 Å². The van der Waals surface area contributed by atoms with Gasteiger partial charge in [0, 0.05) is 37.7 Å². The third-order valence-corrected chi connectivity index (χ3v) is 15.8. The number of hydrogen-bond acceptors (Lipinski definition) is 2. The molecule has 3 aliphatic carbocycles. The maximum Gasteiger partial charge on any atom is 0.0741 e. The van der Waals surface area contributed by atoms with E-state index < -0.39 is 5.41 Å². The summed E-state index contributed by atoms with van der Waals surface area (Å²) in [4.78, 5) is 5.13. The summed E-state index contributed by atoms with van der Waals surface area (Å²) in [6.45, 7) is 9.53. The van der Waals surface area contributed by atoms with Crippen LogP contribution >= 0.6 is 11.8 Å². The van der Waals surface area contributed by atoms with Crippen LogP contribution < -0.4 is 4.90 Å². The van der Waals surface area contributed by atoms with Gasteiger partial charge in [-0.2, -0.15) is 0 Å². The van der Waals surface area contributed by atoms with Crippen LogP contribution in [-0.4, -0.2) is 0 Å². The smallest absolute Gasteiger partial charge is 0.0741 e. The van der Waals surface area contributed by atoms with Gasteiger partial charge < -0.3 is 4.90 Å². The summed E-state index contributed by atoms with van der Waals surface area (Å²) in [7, 11) is 0. The number of rotatable bonds is 3. The van der Waals surface area contributed by atoms with Crippen molar-refractivity contribution >= 4 is 39.6 Å². The van der Waals surface area contributed by atoms with Crippen molar-refractivity contribution < 1.29 is 0 Å². The molecule has 0 amide bonds. The molecule has 2 heteroatoms. The average Bonchev–Trinajstić information content (AvgIpc) is 3.81. The first-order valence-corrected chi connectivity index (χ1v) is 22.4. The van der Waals surface area contributed by atoms with Crippen LogP contribution in [0.5, 0.6) is 0 Å². The highest BCUT2D eigenvalue weighted by atomic mass is 32.2. The molecular weight excluding hydrogens is 755 g/mol. The van der Waals surface area contributed by atoms with Gasteiger partial charge in [0.25, 0.3) is 0 Å². The van der Waals surface area contributed by atoms with Gasteiger partial charge in [0.2, 0.25) is 0 Å². The van der Waals surface area contributed by atoms with E-state index in [1.165, 1.54) is 110 Å². The standard InChI is InChI=1S/C59H43NS/c1-57(2)47-21-11-7-17-41(47)45-29-26-37(33-52(45)57)60(38-27-30-46-42-18-8-12-22-48(42)58(3,4)53(46)34-38)39-28-31-51-55(35-39)61-54-32-25-36-15-5-6-16-40(36)56(54)59(51)49-23-13-9-19-43(49)44-20-10-14-24-50(44)59/h5-35H,1-4H3. The molecule has 0 fully saturated rings. The highest BCUT2D eigenvalue weighted by molar-refractivity contribution is 7.99. The Balaban J connectivity index is 1.06. The lowest BCUT2D eigenvalue weighted by Gasteiger charge is -2.41. The SMILES string of the molecule is CC1(C)c2ccccc2-c2ccc(N(c3ccc4c(c3)Sc3ccc5ccccc5c3C43c4ccccc4-c4ccccc43)c3ccc4c(c3)C(C)(C)c3ccccc3-4)cc21. The van der Waals surface area contributed by atoms with E-state index in [0.717, 1.165) is 5.69 Å². The molecule has 1 spiro atoms. The van der Waals surface area contributed by atoms with Gasteiger partial charge >= 0.3 is 0 Å². The lowest BCUT2D eigenvalue weighted by Crippen LogP contribution is -2.32. The first-order chi connectivity index (χ1) is 29.8. The van der Waals surface area contributed by atoms with Gasteiger partial charge in [-0.3, -0.25) is 0 Å². The van der Waals surface area contributed by atoms with Crippen LogP contribution in [0.15, 0.2) is 198 Å². The van der Waals surface area contributed by atoms with Gasteiger partial charge in [-0.05, 0) is 131 Å². The minimum atomic E-state index is -0.472. The Morgan fingerprint density at radius 1 is 0.344 bits per heavy atom. The largest absolute Gasteiger partial charge is 0.310 e. The summed E-state index contributed by atoms with van der Waals surface area (Å²) in [5.74, 6) is 0. The van der Waals surface area contributed by atoms with Crippen LogP contribution in [-0.2, 0) is 16.2 Å².